The van der Waals surface area contributed by atoms with Crippen LogP contribution < -0.4 is 0 Å². The van der Waals surface area contributed by atoms with E-state index < -0.39 is 0 Å². The number of hydrogen-bond acceptors (Lipinski definition) is 2. The Balaban J connectivity index is 2.23. The van der Waals surface area contributed by atoms with Gasteiger partial charge in [-0.05, 0) is 11.6 Å². The van der Waals surface area contributed by atoms with E-state index in [1.54, 1.807) is 16.8 Å². The molecule has 78 valence electrons. The van der Waals surface area contributed by atoms with Gasteiger partial charge in [0, 0.05) is 17.8 Å². The van der Waals surface area contributed by atoms with Gasteiger partial charge in [0.2, 0.25) is 0 Å². The highest BCUT2D eigenvalue weighted by molar-refractivity contribution is 5.73. The highest BCUT2D eigenvalue weighted by Crippen LogP contribution is 2.25. The molecular formula is C13H10N2O. The van der Waals surface area contributed by atoms with E-state index in [4.69, 9.17) is 0 Å². The molecule has 2 aromatic heterocycles. The predicted molar refractivity (Wildman–Crippen MR) is 62.3 cm³/mol. The summed E-state index contributed by atoms with van der Waals surface area (Å²) >= 11 is 0. The van der Waals surface area contributed by atoms with Gasteiger partial charge in [0.05, 0.1) is 6.20 Å². The summed E-state index contributed by atoms with van der Waals surface area (Å²) in [7, 11) is 0. The molecule has 0 fully saturated rings. The Morgan fingerprint density at radius 2 is 1.81 bits per heavy atom. The first-order valence-electron chi connectivity index (χ1n) is 5.06. The van der Waals surface area contributed by atoms with Crippen LogP contribution >= 0.6 is 0 Å². The quantitative estimate of drug-likeness (QED) is 0.670. The molecule has 3 nitrogen and oxygen atoms in total. The molecule has 0 aliphatic carbocycles. The van der Waals surface area contributed by atoms with Crippen molar-refractivity contribution in [3.63, 3.8) is 0 Å². The fraction of sp³-hybridized carbons (Fsp3) is 0. The first kappa shape index (κ1) is 8.97. The summed E-state index contributed by atoms with van der Waals surface area (Å²) in [6.45, 7) is 0. The monoisotopic (exact) mass is 210 g/mol. The van der Waals surface area contributed by atoms with Crippen LogP contribution in [-0.2, 0) is 0 Å². The lowest BCUT2D eigenvalue weighted by Gasteiger charge is -1.93. The minimum atomic E-state index is 0.247. The highest BCUT2D eigenvalue weighted by atomic mass is 16.3. The van der Waals surface area contributed by atoms with Crippen LogP contribution in [0.15, 0.2) is 54.9 Å². The van der Waals surface area contributed by atoms with Gasteiger partial charge < -0.3 is 5.11 Å². The molecule has 0 aliphatic rings. The van der Waals surface area contributed by atoms with E-state index in [0.29, 0.717) is 0 Å². The third-order valence-corrected chi connectivity index (χ3v) is 2.59. The summed E-state index contributed by atoms with van der Waals surface area (Å²) in [6.07, 6.45) is 3.49. The summed E-state index contributed by atoms with van der Waals surface area (Å²) in [5, 5.41) is 13.8. The molecule has 1 N–H and O–H groups in total. The molecule has 0 spiro atoms. The van der Waals surface area contributed by atoms with Crippen molar-refractivity contribution in [3.05, 3.63) is 54.9 Å². The number of aromatic hydroxyl groups is 1. The largest absolute Gasteiger partial charge is 0.506 e. The lowest BCUT2D eigenvalue weighted by atomic mass is 10.1. The zero-order chi connectivity index (χ0) is 11.0. The van der Waals surface area contributed by atoms with Gasteiger partial charge in [-0.1, -0.05) is 30.3 Å². The molecule has 0 unspecified atom stereocenters. The molecule has 0 radical (unpaired) electrons. The van der Waals surface area contributed by atoms with Crippen LogP contribution in [0.25, 0.3) is 16.6 Å². The Hall–Kier alpha value is -2.29. The van der Waals surface area contributed by atoms with Crippen molar-refractivity contribution in [1.29, 1.82) is 0 Å². The van der Waals surface area contributed by atoms with Gasteiger partial charge in [-0.25, -0.2) is 4.52 Å². The maximum Gasteiger partial charge on any atom is 0.142 e. The standard InChI is InChI=1S/C13H10N2O/c16-13-6-7-14-15-9-11(8-12(13)15)10-4-2-1-3-5-10/h1-9,16H. The first-order valence-corrected chi connectivity index (χ1v) is 5.06. The van der Waals surface area contributed by atoms with Crippen molar-refractivity contribution < 1.29 is 5.11 Å². The number of rotatable bonds is 1. The van der Waals surface area contributed by atoms with E-state index in [-0.39, 0.29) is 5.75 Å². The second-order valence-corrected chi connectivity index (χ2v) is 3.64. The van der Waals surface area contributed by atoms with Crippen molar-refractivity contribution in [1.82, 2.24) is 9.61 Å². The normalized spacial score (nSPS) is 10.8. The molecule has 0 aliphatic heterocycles. The lowest BCUT2D eigenvalue weighted by Crippen LogP contribution is -1.86. The van der Waals surface area contributed by atoms with E-state index >= 15 is 0 Å². The van der Waals surface area contributed by atoms with Crippen molar-refractivity contribution in [2.24, 2.45) is 0 Å². The smallest absolute Gasteiger partial charge is 0.142 e. The average Bonchev–Trinajstić information content (AvgIpc) is 2.76. The Kier molecular flexibility index (Phi) is 1.90. The van der Waals surface area contributed by atoms with Gasteiger partial charge in [-0.3, -0.25) is 0 Å². The van der Waals surface area contributed by atoms with Crippen LogP contribution in [0.1, 0.15) is 0 Å². The molecule has 0 bridgehead atoms. The van der Waals surface area contributed by atoms with E-state index in [0.717, 1.165) is 16.6 Å². The summed E-state index contributed by atoms with van der Waals surface area (Å²) in [5.41, 5.74) is 2.89. The molecule has 3 aromatic rings. The minimum absolute atomic E-state index is 0.247. The third kappa shape index (κ3) is 1.34. The highest BCUT2D eigenvalue weighted by Gasteiger charge is 2.05. The fourth-order valence-electron chi connectivity index (χ4n) is 1.79. The zero-order valence-corrected chi connectivity index (χ0v) is 8.54. The SMILES string of the molecule is Oc1ccnn2cc(-c3ccccc3)cc12. The Morgan fingerprint density at radius 1 is 1.00 bits per heavy atom. The van der Waals surface area contributed by atoms with E-state index in [2.05, 4.69) is 5.10 Å². The minimum Gasteiger partial charge on any atom is -0.506 e. The van der Waals surface area contributed by atoms with Gasteiger partial charge in [0.25, 0.3) is 0 Å². The van der Waals surface area contributed by atoms with Crippen molar-refractivity contribution >= 4 is 5.52 Å². The number of benzene rings is 1. The number of nitrogens with zero attached hydrogens (tertiary/aromatic N) is 2. The number of hydrogen-bond donors (Lipinski definition) is 1. The van der Waals surface area contributed by atoms with E-state index in [1.165, 1.54) is 0 Å². The zero-order valence-electron chi connectivity index (χ0n) is 8.54. The van der Waals surface area contributed by atoms with Crippen LogP contribution in [0.4, 0.5) is 0 Å². The number of fused-ring (bicyclic) bond motifs is 1. The van der Waals surface area contributed by atoms with Crippen molar-refractivity contribution in [3.8, 4) is 16.9 Å². The second kappa shape index (κ2) is 3.38. The molecule has 0 amide bonds. The lowest BCUT2D eigenvalue weighted by molar-refractivity contribution is 0.477. The molecule has 16 heavy (non-hydrogen) atoms. The summed E-state index contributed by atoms with van der Waals surface area (Å²) in [5.74, 6) is 0.247. The fourth-order valence-corrected chi connectivity index (χ4v) is 1.79. The molecule has 0 atom stereocenters. The second-order valence-electron chi connectivity index (χ2n) is 3.64. The Bertz CT molecular complexity index is 629. The van der Waals surface area contributed by atoms with E-state index in [1.807, 2.05) is 42.6 Å². The van der Waals surface area contributed by atoms with Crippen LogP contribution in [-0.4, -0.2) is 14.7 Å². The third-order valence-electron chi connectivity index (χ3n) is 2.59. The molecule has 0 saturated carbocycles. The van der Waals surface area contributed by atoms with Gasteiger partial charge in [-0.15, -0.1) is 0 Å². The van der Waals surface area contributed by atoms with Gasteiger partial charge in [-0.2, -0.15) is 5.10 Å². The van der Waals surface area contributed by atoms with Crippen LogP contribution in [0.5, 0.6) is 5.75 Å². The van der Waals surface area contributed by atoms with Crippen LogP contribution in [0.3, 0.4) is 0 Å². The summed E-state index contributed by atoms with van der Waals surface area (Å²) in [4.78, 5) is 0. The molecule has 3 heteroatoms. The molecule has 1 aromatic carbocycles. The Morgan fingerprint density at radius 3 is 2.56 bits per heavy atom. The average molecular weight is 210 g/mol. The van der Waals surface area contributed by atoms with Crippen molar-refractivity contribution in [2.75, 3.05) is 0 Å². The molecule has 0 saturated heterocycles. The van der Waals surface area contributed by atoms with Gasteiger partial charge >= 0.3 is 0 Å². The topological polar surface area (TPSA) is 37.5 Å². The Labute approximate surface area is 92.6 Å². The summed E-state index contributed by atoms with van der Waals surface area (Å²) < 4.78 is 1.68. The maximum atomic E-state index is 9.67. The molecular weight excluding hydrogens is 200 g/mol. The maximum absolute atomic E-state index is 9.67. The molecule has 3 rings (SSSR count). The van der Waals surface area contributed by atoms with Crippen molar-refractivity contribution in [2.45, 2.75) is 0 Å². The summed E-state index contributed by atoms with van der Waals surface area (Å²) in [6, 6.07) is 13.5. The van der Waals surface area contributed by atoms with Crippen LogP contribution in [0.2, 0.25) is 0 Å². The first-order chi connectivity index (χ1) is 7.84. The van der Waals surface area contributed by atoms with E-state index in [9.17, 15) is 5.11 Å². The van der Waals surface area contributed by atoms with Gasteiger partial charge in [0.15, 0.2) is 0 Å². The molecule has 2 heterocycles. The number of aromatic nitrogens is 2. The predicted octanol–water partition coefficient (Wildman–Crippen LogP) is 2.71. The van der Waals surface area contributed by atoms with Gasteiger partial charge in [0.1, 0.15) is 11.3 Å². The van der Waals surface area contributed by atoms with Crippen LogP contribution in [0, 0.1) is 0 Å².